The van der Waals surface area contributed by atoms with E-state index in [1.165, 1.54) is 23.1 Å². The van der Waals surface area contributed by atoms with E-state index in [4.69, 9.17) is 4.74 Å². The molecule has 4 rings (SSSR count). The zero-order chi connectivity index (χ0) is 23.5. The molecule has 0 unspecified atom stereocenters. The third-order valence-electron chi connectivity index (χ3n) is 6.09. The van der Waals surface area contributed by atoms with Gasteiger partial charge in [-0.15, -0.1) is 0 Å². The summed E-state index contributed by atoms with van der Waals surface area (Å²) in [4.78, 5) is 54.4. The van der Waals surface area contributed by atoms with Crippen LogP contribution in [0.2, 0.25) is 0 Å². The van der Waals surface area contributed by atoms with Crippen molar-refractivity contribution >= 4 is 29.3 Å². The molecule has 0 aliphatic carbocycles. The summed E-state index contributed by atoms with van der Waals surface area (Å²) in [5.41, 5.74) is 2.43. The molecule has 8 nitrogen and oxygen atoms in total. The average molecular weight is 450 g/mol. The van der Waals surface area contributed by atoms with Crippen molar-refractivity contribution in [1.82, 2.24) is 9.80 Å². The molecule has 2 aromatic rings. The Hall–Kier alpha value is -3.52. The first-order chi connectivity index (χ1) is 15.9. The fourth-order valence-electron chi connectivity index (χ4n) is 4.33. The minimum atomic E-state index is -0.447. The lowest BCUT2D eigenvalue weighted by molar-refractivity contribution is 0.0637. The Balaban J connectivity index is 1.56. The van der Waals surface area contributed by atoms with Crippen LogP contribution in [0.3, 0.4) is 0 Å². The van der Waals surface area contributed by atoms with E-state index in [0.29, 0.717) is 37.4 Å². The van der Waals surface area contributed by atoms with E-state index in [0.717, 1.165) is 18.4 Å². The number of imide groups is 1. The van der Waals surface area contributed by atoms with Gasteiger partial charge in [0.05, 0.1) is 22.4 Å². The number of rotatable bonds is 7. The molecule has 0 aromatic heterocycles. The van der Waals surface area contributed by atoms with Crippen molar-refractivity contribution in [3.63, 3.8) is 0 Å². The lowest BCUT2D eigenvalue weighted by Gasteiger charge is -2.19. The summed E-state index contributed by atoms with van der Waals surface area (Å²) < 4.78 is 4.99. The number of likely N-dealkylation sites (tertiary alicyclic amines) is 1. The predicted octanol–water partition coefficient (Wildman–Crippen LogP) is 3.12. The van der Waals surface area contributed by atoms with E-state index < -0.39 is 11.8 Å². The van der Waals surface area contributed by atoms with Crippen LogP contribution >= 0.6 is 0 Å². The Morgan fingerprint density at radius 3 is 2.48 bits per heavy atom. The number of amides is 4. The molecule has 1 saturated heterocycles. The number of methoxy groups -OCH3 is 1. The standard InChI is InChI=1S/C25H27N3O5/c1-16-7-5-8-20(21(16)25(32)27-11-3-4-12-27)26-22(29)17-9-10-18-19(15-17)24(31)28(23(18)30)13-6-14-33-2/h5,7-10,15H,3-4,6,11-14H2,1-2H3,(H,26,29). The van der Waals surface area contributed by atoms with Crippen LogP contribution in [0.15, 0.2) is 36.4 Å². The van der Waals surface area contributed by atoms with E-state index in [9.17, 15) is 19.2 Å². The van der Waals surface area contributed by atoms with Gasteiger partial charge in [0.15, 0.2) is 0 Å². The van der Waals surface area contributed by atoms with Crippen LogP contribution in [-0.2, 0) is 4.74 Å². The van der Waals surface area contributed by atoms with E-state index in [2.05, 4.69) is 5.32 Å². The number of nitrogens with one attached hydrogen (secondary N) is 1. The van der Waals surface area contributed by atoms with Gasteiger partial charge in [0.2, 0.25) is 0 Å². The maximum atomic E-state index is 13.1. The van der Waals surface area contributed by atoms with Crippen molar-refractivity contribution in [3.05, 3.63) is 64.2 Å². The summed E-state index contributed by atoms with van der Waals surface area (Å²) in [6.07, 6.45) is 2.49. The molecular weight excluding hydrogens is 422 g/mol. The van der Waals surface area contributed by atoms with Crippen molar-refractivity contribution < 1.29 is 23.9 Å². The molecule has 33 heavy (non-hydrogen) atoms. The van der Waals surface area contributed by atoms with Crippen molar-refractivity contribution in [3.8, 4) is 0 Å². The molecule has 2 heterocycles. The first-order valence-corrected chi connectivity index (χ1v) is 11.1. The SMILES string of the molecule is COCCCN1C(=O)c2ccc(C(=O)Nc3cccc(C)c3C(=O)N3CCCC3)cc2C1=O. The number of carbonyl (C=O) groups is 4. The fraction of sp³-hybridized carbons (Fsp3) is 0.360. The number of hydrogen-bond acceptors (Lipinski definition) is 5. The molecule has 2 aromatic carbocycles. The van der Waals surface area contributed by atoms with Crippen LogP contribution in [0.1, 0.15) is 66.3 Å². The molecule has 8 heteroatoms. The number of nitrogens with zero attached hydrogens (tertiary/aromatic N) is 2. The summed E-state index contributed by atoms with van der Waals surface area (Å²) in [5, 5.41) is 2.83. The molecule has 1 fully saturated rings. The van der Waals surface area contributed by atoms with E-state index in [1.807, 2.05) is 13.0 Å². The maximum Gasteiger partial charge on any atom is 0.261 e. The van der Waals surface area contributed by atoms with Crippen molar-refractivity contribution in [2.75, 3.05) is 38.7 Å². The molecular formula is C25H27N3O5. The zero-order valence-corrected chi connectivity index (χ0v) is 18.8. The van der Waals surface area contributed by atoms with E-state index in [-0.39, 0.29) is 35.0 Å². The smallest absolute Gasteiger partial charge is 0.261 e. The van der Waals surface area contributed by atoms with Crippen molar-refractivity contribution in [1.29, 1.82) is 0 Å². The first kappa shape index (κ1) is 22.7. The van der Waals surface area contributed by atoms with Crippen LogP contribution in [0.5, 0.6) is 0 Å². The van der Waals surface area contributed by atoms with Gasteiger partial charge in [-0.25, -0.2) is 0 Å². The van der Waals surface area contributed by atoms with Crippen molar-refractivity contribution in [2.24, 2.45) is 0 Å². The van der Waals surface area contributed by atoms with Gasteiger partial charge in [-0.2, -0.15) is 0 Å². The Bertz CT molecular complexity index is 1120. The van der Waals surface area contributed by atoms with Gasteiger partial charge in [-0.1, -0.05) is 12.1 Å². The summed E-state index contributed by atoms with van der Waals surface area (Å²) in [6, 6.07) is 9.81. The Morgan fingerprint density at radius 1 is 1.03 bits per heavy atom. The maximum absolute atomic E-state index is 13.1. The van der Waals surface area contributed by atoms with Gasteiger partial charge in [-0.3, -0.25) is 24.1 Å². The summed E-state index contributed by atoms with van der Waals surface area (Å²) in [6.45, 7) is 3.96. The monoisotopic (exact) mass is 449 g/mol. The van der Waals surface area contributed by atoms with Crippen LogP contribution in [0, 0.1) is 6.92 Å². The summed E-state index contributed by atoms with van der Waals surface area (Å²) in [5.74, 6) is -1.32. The second-order valence-corrected chi connectivity index (χ2v) is 8.32. The topological polar surface area (TPSA) is 96.0 Å². The molecule has 0 spiro atoms. The average Bonchev–Trinajstić information content (AvgIpc) is 3.42. The molecule has 0 atom stereocenters. The van der Waals surface area contributed by atoms with Crippen LogP contribution in [0.25, 0.3) is 0 Å². The number of aryl methyl sites for hydroxylation is 1. The number of fused-ring (bicyclic) bond motifs is 1. The Labute approximate surface area is 192 Å². The number of anilines is 1. The predicted molar refractivity (Wildman–Crippen MR) is 123 cm³/mol. The van der Waals surface area contributed by atoms with Gasteiger partial charge in [0, 0.05) is 38.9 Å². The van der Waals surface area contributed by atoms with Crippen LogP contribution < -0.4 is 5.32 Å². The Morgan fingerprint density at radius 2 is 1.76 bits per heavy atom. The number of ether oxygens (including phenoxy) is 1. The minimum Gasteiger partial charge on any atom is -0.385 e. The molecule has 172 valence electrons. The molecule has 4 amide bonds. The molecule has 0 radical (unpaired) electrons. The molecule has 0 saturated carbocycles. The molecule has 1 N–H and O–H groups in total. The minimum absolute atomic E-state index is 0.0951. The van der Waals surface area contributed by atoms with E-state index >= 15 is 0 Å². The van der Waals surface area contributed by atoms with Gasteiger partial charge in [0.1, 0.15) is 0 Å². The second kappa shape index (κ2) is 9.54. The number of benzene rings is 2. The molecule has 2 aliphatic heterocycles. The van der Waals surface area contributed by atoms with Gasteiger partial charge in [-0.05, 0) is 56.0 Å². The van der Waals surface area contributed by atoms with Crippen LogP contribution in [-0.4, -0.2) is 66.8 Å². The highest BCUT2D eigenvalue weighted by molar-refractivity contribution is 6.22. The molecule has 2 aliphatic rings. The van der Waals surface area contributed by atoms with E-state index in [1.54, 1.807) is 24.1 Å². The second-order valence-electron chi connectivity index (χ2n) is 8.32. The first-order valence-electron chi connectivity index (χ1n) is 11.1. The van der Waals surface area contributed by atoms with Gasteiger partial charge in [0.25, 0.3) is 23.6 Å². The highest BCUT2D eigenvalue weighted by Crippen LogP contribution is 2.27. The van der Waals surface area contributed by atoms with Gasteiger partial charge < -0.3 is 15.0 Å². The highest BCUT2D eigenvalue weighted by Gasteiger charge is 2.35. The lowest BCUT2D eigenvalue weighted by atomic mass is 10.0. The third kappa shape index (κ3) is 4.39. The largest absolute Gasteiger partial charge is 0.385 e. The normalized spacial score (nSPS) is 15.2. The van der Waals surface area contributed by atoms with Crippen LogP contribution in [0.4, 0.5) is 5.69 Å². The Kier molecular flexibility index (Phi) is 6.55. The fourth-order valence-corrected chi connectivity index (χ4v) is 4.33. The lowest BCUT2D eigenvalue weighted by Crippen LogP contribution is -2.31. The van der Waals surface area contributed by atoms with Crippen molar-refractivity contribution in [2.45, 2.75) is 26.2 Å². The number of carbonyl (C=O) groups excluding carboxylic acids is 4. The molecule has 0 bridgehead atoms. The third-order valence-corrected chi connectivity index (χ3v) is 6.09. The quantitative estimate of drug-likeness (QED) is 0.518. The summed E-state index contributed by atoms with van der Waals surface area (Å²) >= 11 is 0. The van der Waals surface area contributed by atoms with Gasteiger partial charge >= 0.3 is 0 Å². The summed E-state index contributed by atoms with van der Waals surface area (Å²) in [7, 11) is 1.56. The highest BCUT2D eigenvalue weighted by atomic mass is 16.5. The zero-order valence-electron chi connectivity index (χ0n) is 18.8. The number of hydrogen-bond donors (Lipinski definition) is 1.